The van der Waals surface area contributed by atoms with Crippen LogP contribution in [0.5, 0.6) is 5.75 Å². The maximum atomic E-state index is 12.4. The van der Waals surface area contributed by atoms with Crippen molar-refractivity contribution < 1.29 is 14.3 Å². The number of nitrogens with one attached hydrogen (secondary N) is 1. The number of likely N-dealkylation sites (N-methyl/N-ethyl adjacent to an activating group) is 1. The molecule has 2 aromatic rings. The van der Waals surface area contributed by atoms with Gasteiger partial charge in [-0.15, -0.1) is 0 Å². The third kappa shape index (κ3) is 4.95. The molecule has 0 aliphatic carbocycles. The van der Waals surface area contributed by atoms with Gasteiger partial charge in [0.25, 0.3) is 0 Å². The number of primary amides is 1. The van der Waals surface area contributed by atoms with Crippen molar-refractivity contribution in [3.05, 3.63) is 59.1 Å². The van der Waals surface area contributed by atoms with Crippen molar-refractivity contribution >= 4 is 29.1 Å². The van der Waals surface area contributed by atoms with Crippen molar-refractivity contribution in [1.29, 1.82) is 0 Å². The molecule has 0 aliphatic heterocycles. The molecule has 0 fully saturated rings. The molecule has 0 bridgehead atoms. The molecule has 132 valence electrons. The molecule has 0 radical (unpaired) electrons. The van der Waals surface area contributed by atoms with Crippen LogP contribution in [-0.2, 0) is 9.59 Å². The molecule has 6 nitrogen and oxygen atoms in total. The molecule has 0 aliphatic rings. The standard InChI is InChI=1S/C18H20ClN3O3/c1-22(17(18(20)24)12-6-4-3-5-7-12)11-16(23)21-14-10-13(19)8-9-15(14)25-2/h3-10,17H,11H2,1-2H3,(H2,20,24)(H,21,23). The largest absolute Gasteiger partial charge is 0.495 e. The monoisotopic (exact) mass is 361 g/mol. The topological polar surface area (TPSA) is 84.7 Å². The number of methoxy groups -OCH3 is 1. The van der Waals surface area contributed by atoms with Crippen LogP contribution in [0.4, 0.5) is 5.69 Å². The van der Waals surface area contributed by atoms with Crippen molar-refractivity contribution in [2.24, 2.45) is 5.73 Å². The number of carbonyl (C=O) groups excluding carboxylic acids is 2. The number of anilines is 1. The number of nitrogens with zero attached hydrogens (tertiary/aromatic N) is 1. The van der Waals surface area contributed by atoms with Crippen molar-refractivity contribution in [2.45, 2.75) is 6.04 Å². The molecule has 1 unspecified atom stereocenters. The Morgan fingerprint density at radius 2 is 1.92 bits per heavy atom. The molecule has 0 saturated carbocycles. The first-order chi connectivity index (χ1) is 11.9. The van der Waals surface area contributed by atoms with Gasteiger partial charge in [0.15, 0.2) is 0 Å². The van der Waals surface area contributed by atoms with Crippen LogP contribution in [0.2, 0.25) is 5.02 Å². The lowest BCUT2D eigenvalue weighted by Crippen LogP contribution is -2.39. The van der Waals surface area contributed by atoms with Crippen LogP contribution in [0.25, 0.3) is 0 Å². The minimum Gasteiger partial charge on any atom is -0.495 e. The van der Waals surface area contributed by atoms with E-state index in [0.29, 0.717) is 16.5 Å². The summed E-state index contributed by atoms with van der Waals surface area (Å²) in [6.07, 6.45) is 0. The van der Waals surface area contributed by atoms with E-state index in [0.717, 1.165) is 5.56 Å². The zero-order chi connectivity index (χ0) is 18.4. The van der Waals surface area contributed by atoms with Crippen molar-refractivity contribution in [3.63, 3.8) is 0 Å². The summed E-state index contributed by atoms with van der Waals surface area (Å²) in [6, 6.07) is 13.3. The Kier molecular flexibility index (Phi) is 6.38. The normalized spacial score (nSPS) is 11.8. The van der Waals surface area contributed by atoms with Gasteiger partial charge in [0.1, 0.15) is 11.8 Å². The zero-order valence-electron chi connectivity index (χ0n) is 14.0. The first kappa shape index (κ1) is 18.8. The van der Waals surface area contributed by atoms with E-state index in [1.807, 2.05) is 18.2 Å². The summed E-state index contributed by atoms with van der Waals surface area (Å²) in [5.74, 6) is -0.345. The second-order valence-corrected chi connectivity index (χ2v) is 5.96. The van der Waals surface area contributed by atoms with E-state index in [9.17, 15) is 9.59 Å². The fourth-order valence-corrected chi connectivity index (χ4v) is 2.73. The number of hydrogen-bond donors (Lipinski definition) is 2. The third-order valence-corrected chi connectivity index (χ3v) is 3.89. The predicted molar refractivity (Wildman–Crippen MR) is 97.6 cm³/mol. The Balaban J connectivity index is 2.11. The summed E-state index contributed by atoms with van der Waals surface area (Å²) >= 11 is 5.96. The molecule has 1 atom stereocenters. The van der Waals surface area contributed by atoms with Crippen LogP contribution in [0.15, 0.2) is 48.5 Å². The van der Waals surface area contributed by atoms with Gasteiger partial charge in [0, 0.05) is 5.02 Å². The second kappa shape index (κ2) is 8.50. The van der Waals surface area contributed by atoms with Gasteiger partial charge in [-0.05, 0) is 30.8 Å². The van der Waals surface area contributed by atoms with E-state index in [1.165, 1.54) is 7.11 Å². The summed E-state index contributed by atoms with van der Waals surface area (Å²) in [6.45, 7) is -0.0296. The summed E-state index contributed by atoms with van der Waals surface area (Å²) in [5, 5.41) is 3.21. The Morgan fingerprint density at radius 1 is 1.24 bits per heavy atom. The zero-order valence-corrected chi connectivity index (χ0v) is 14.8. The Labute approximate surface area is 151 Å². The SMILES string of the molecule is COc1ccc(Cl)cc1NC(=O)CN(C)C(C(N)=O)c1ccccc1. The van der Waals surface area contributed by atoms with Crippen LogP contribution in [0, 0.1) is 0 Å². The third-order valence-electron chi connectivity index (χ3n) is 3.65. The number of hydrogen-bond acceptors (Lipinski definition) is 4. The highest BCUT2D eigenvalue weighted by Gasteiger charge is 2.24. The Bertz CT molecular complexity index is 752. The predicted octanol–water partition coefficient (Wildman–Crippen LogP) is 2.45. The molecule has 7 heteroatoms. The number of carbonyl (C=O) groups is 2. The lowest BCUT2D eigenvalue weighted by Gasteiger charge is -2.25. The first-order valence-corrected chi connectivity index (χ1v) is 7.98. The van der Waals surface area contributed by atoms with Crippen molar-refractivity contribution in [1.82, 2.24) is 4.90 Å². The van der Waals surface area contributed by atoms with Gasteiger partial charge in [-0.25, -0.2) is 0 Å². The number of ether oxygens (including phenoxy) is 1. The Hall–Kier alpha value is -2.57. The summed E-state index contributed by atoms with van der Waals surface area (Å²) in [4.78, 5) is 25.8. The molecule has 0 spiro atoms. The molecule has 2 amide bonds. The quantitative estimate of drug-likeness (QED) is 0.793. The van der Waals surface area contributed by atoms with Crippen LogP contribution in [0.1, 0.15) is 11.6 Å². The first-order valence-electron chi connectivity index (χ1n) is 7.60. The molecule has 0 aromatic heterocycles. The van der Waals surface area contributed by atoms with E-state index in [2.05, 4.69) is 5.32 Å². The maximum absolute atomic E-state index is 12.4. The van der Waals surface area contributed by atoms with E-state index < -0.39 is 11.9 Å². The molecule has 0 heterocycles. The molecule has 3 N–H and O–H groups in total. The molecule has 2 aromatic carbocycles. The van der Waals surface area contributed by atoms with Crippen LogP contribution < -0.4 is 15.8 Å². The number of nitrogens with two attached hydrogens (primary N) is 1. The smallest absolute Gasteiger partial charge is 0.239 e. The lowest BCUT2D eigenvalue weighted by molar-refractivity contribution is -0.124. The van der Waals surface area contributed by atoms with Gasteiger partial charge in [0.2, 0.25) is 11.8 Å². The highest BCUT2D eigenvalue weighted by molar-refractivity contribution is 6.31. The highest BCUT2D eigenvalue weighted by Crippen LogP contribution is 2.27. The van der Waals surface area contributed by atoms with Gasteiger partial charge in [-0.3, -0.25) is 14.5 Å². The number of amides is 2. The summed E-state index contributed by atoms with van der Waals surface area (Å²) in [5.41, 5.74) is 6.70. The molecule has 0 saturated heterocycles. The van der Waals surface area contributed by atoms with Gasteiger partial charge in [-0.1, -0.05) is 41.9 Å². The minimum atomic E-state index is -0.701. The fraction of sp³-hybridized carbons (Fsp3) is 0.222. The fourth-order valence-electron chi connectivity index (χ4n) is 2.56. The maximum Gasteiger partial charge on any atom is 0.239 e. The molecular weight excluding hydrogens is 342 g/mol. The summed E-state index contributed by atoms with van der Waals surface area (Å²) in [7, 11) is 3.17. The van der Waals surface area contributed by atoms with E-state index in [4.69, 9.17) is 22.1 Å². The van der Waals surface area contributed by atoms with Crippen LogP contribution in [0.3, 0.4) is 0 Å². The average Bonchev–Trinajstić information content (AvgIpc) is 2.55. The minimum absolute atomic E-state index is 0.0296. The van der Waals surface area contributed by atoms with Gasteiger partial charge in [0.05, 0.1) is 19.3 Å². The van der Waals surface area contributed by atoms with Gasteiger partial charge < -0.3 is 15.8 Å². The van der Waals surface area contributed by atoms with Crippen molar-refractivity contribution in [3.8, 4) is 5.75 Å². The number of halogens is 1. The van der Waals surface area contributed by atoms with E-state index >= 15 is 0 Å². The van der Waals surface area contributed by atoms with Gasteiger partial charge >= 0.3 is 0 Å². The Morgan fingerprint density at radius 3 is 2.52 bits per heavy atom. The molecule has 25 heavy (non-hydrogen) atoms. The number of benzene rings is 2. The lowest BCUT2D eigenvalue weighted by atomic mass is 10.1. The van der Waals surface area contributed by atoms with E-state index in [-0.39, 0.29) is 12.5 Å². The number of rotatable bonds is 7. The van der Waals surface area contributed by atoms with Crippen molar-refractivity contribution in [2.75, 3.05) is 26.0 Å². The van der Waals surface area contributed by atoms with Gasteiger partial charge in [-0.2, -0.15) is 0 Å². The average molecular weight is 362 g/mol. The van der Waals surface area contributed by atoms with Crippen LogP contribution in [-0.4, -0.2) is 37.4 Å². The second-order valence-electron chi connectivity index (χ2n) is 5.52. The summed E-state index contributed by atoms with van der Waals surface area (Å²) < 4.78 is 5.20. The van der Waals surface area contributed by atoms with E-state index in [1.54, 1.807) is 42.3 Å². The van der Waals surface area contributed by atoms with Crippen LogP contribution >= 0.6 is 11.6 Å². The molecule has 2 rings (SSSR count). The molecular formula is C18H20ClN3O3. The highest BCUT2D eigenvalue weighted by atomic mass is 35.5.